The van der Waals surface area contributed by atoms with Crippen molar-refractivity contribution in [1.29, 1.82) is 0 Å². The van der Waals surface area contributed by atoms with E-state index in [1.165, 1.54) is 5.56 Å². The van der Waals surface area contributed by atoms with Crippen LogP contribution < -0.4 is 11.1 Å². The number of nitrogen functional groups attached to an aromatic ring is 1. The molecule has 0 saturated heterocycles. The quantitative estimate of drug-likeness (QED) is 0.853. The highest BCUT2D eigenvalue weighted by Crippen LogP contribution is 2.31. The minimum atomic E-state index is 0.0765. The van der Waals surface area contributed by atoms with Crippen molar-refractivity contribution < 1.29 is 0 Å². The van der Waals surface area contributed by atoms with Crippen LogP contribution >= 0.6 is 0 Å². The van der Waals surface area contributed by atoms with Crippen molar-refractivity contribution in [3.63, 3.8) is 0 Å². The van der Waals surface area contributed by atoms with Crippen LogP contribution in [0.3, 0.4) is 0 Å². The van der Waals surface area contributed by atoms with Crippen molar-refractivity contribution in [3.05, 3.63) is 36.0 Å². The first-order chi connectivity index (χ1) is 8.38. The molecule has 0 saturated carbocycles. The molecule has 1 aromatic carbocycles. The molecule has 0 amide bonds. The molecule has 1 heterocycles. The molecule has 0 aliphatic rings. The topological polar surface area (TPSA) is 55.9 Å². The van der Waals surface area contributed by atoms with Gasteiger partial charge >= 0.3 is 0 Å². The van der Waals surface area contributed by atoms with E-state index < -0.39 is 0 Å². The van der Waals surface area contributed by atoms with Crippen molar-refractivity contribution in [2.75, 3.05) is 11.1 Å². The average molecular weight is 244 g/mol. The molecule has 96 valence electrons. The van der Waals surface area contributed by atoms with E-state index in [4.69, 9.17) is 5.73 Å². The van der Waals surface area contributed by atoms with Crippen LogP contribution in [0.2, 0.25) is 0 Å². The lowest BCUT2D eigenvalue weighted by molar-refractivity contribution is 0.592. The second kappa shape index (κ2) is 4.37. The minimum absolute atomic E-state index is 0.0765. The summed E-state index contributed by atoms with van der Waals surface area (Å²) in [4.78, 5) is 0. The van der Waals surface area contributed by atoms with Crippen molar-refractivity contribution in [2.45, 2.75) is 26.2 Å². The number of rotatable bonds is 2. The molecule has 0 atom stereocenters. The lowest BCUT2D eigenvalue weighted by Crippen LogP contribution is -2.13. The Labute approximate surface area is 108 Å². The summed E-state index contributed by atoms with van der Waals surface area (Å²) in [5, 5.41) is 7.62. The number of benzene rings is 1. The molecule has 3 N–H and O–H groups in total. The maximum absolute atomic E-state index is 5.90. The molecular formula is C14H20N4. The molecule has 2 aromatic rings. The Kier molecular flexibility index (Phi) is 3.03. The third kappa shape index (κ3) is 2.47. The van der Waals surface area contributed by atoms with Crippen LogP contribution in [0.1, 0.15) is 26.3 Å². The predicted molar refractivity (Wildman–Crippen MR) is 76.0 cm³/mol. The van der Waals surface area contributed by atoms with E-state index in [0.717, 1.165) is 5.69 Å². The van der Waals surface area contributed by atoms with E-state index in [-0.39, 0.29) is 5.41 Å². The third-order valence-corrected chi connectivity index (χ3v) is 2.85. The van der Waals surface area contributed by atoms with Gasteiger partial charge in [0, 0.05) is 18.9 Å². The summed E-state index contributed by atoms with van der Waals surface area (Å²) < 4.78 is 1.71. The molecule has 0 unspecified atom stereocenters. The molecule has 0 bridgehead atoms. The summed E-state index contributed by atoms with van der Waals surface area (Å²) in [7, 11) is 1.86. The van der Waals surface area contributed by atoms with Gasteiger partial charge in [-0.2, -0.15) is 5.10 Å². The lowest BCUT2D eigenvalue weighted by Gasteiger charge is -2.23. The molecule has 1 aromatic heterocycles. The van der Waals surface area contributed by atoms with E-state index in [9.17, 15) is 0 Å². The molecule has 0 aliphatic heterocycles. The molecule has 4 nitrogen and oxygen atoms in total. The van der Waals surface area contributed by atoms with Gasteiger partial charge in [-0.25, -0.2) is 0 Å². The first kappa shape index (κ1) is 12.5. The van der Waals surface area contributed by atoms with E-state index in [2.05, 4.69) is 43.3 Å². The van der Waals surface area contributed by atoms with Crippen LogP contribution in [0.15, 0.2) is 30.5 Å². The van der Waals surface area contributed by atoms with Crippen molar-refractivity contribution in [2.24, 2.45) is 7.05 Å². The van der Waals surface area contributed by atoms with E-state index in [1.807, 2.05) is 19.2 Å². The number of nitrogens with one attached hydrogen (secondary N) is 1. The highest BCUT2D eigenvalue weighted by molar-refractivity contribution is 5.70. The Morgan fingerprint density at radius 1 is 1.22 bits per heavy atom. The minimum Gasteiger partial charge on any atom is -0.394 e. The van der Waals surface area contributed by atoms with Gasteiger partial charge in [-0.05, 0) is 17.0 Å². The van der Waals surface area contributed by atoms with Crippen LogP contribution in [0.25, 0.3) is 0 Å². The lowest BCUT2D eigenvalue weighted by atomic mass is 9.86. The Bertz CT molecular complexity index is 549. The smallest absolute Gasteiger partial charge is 0.175 e. The number of aryl methyl sites for hydroxylation is 1. The number of anilines is 3. The van der Waals surface area contributed by atoms with Gasteiger partial charge in [-0.15, -0.1) is 0 Å². The zero-order valence-electron chi connectivity index (χ0n) is 11.4. The fourth-order valence-electron chi connectivity index (χ4n) is 1.98. The first-order valence-corrected chi connectivity index (χ1v) is 6.03. The third-order valence-electron chi connectivity index (χ3n) is 2.85. The standard InChI is InChI=1S/C14H20N4/c1-14(2,3)10-7-5-6-8-12(10)16-13-11(15)9-18(4)17-13/h5-9H,15H2,1-4H3,(H,16,17). The van der Waals surface area contributed by atoms with Crippen LogP contribution in [0.5, 0.6) is 0 Å². The highest BCUT2D eigenvalue weighted by Gasteiger charge is 2.18. The number of aromatic nitrogens is 2. The largest absolute Gasteiger partial charge is 0.394 e. The van der Waals surface area contributed by atoms with Crippen molar-refractivity contribution >= 4 is 17.2 Å². The summed E-state index contributed by atoms with van der Waals surface area (Å²) >= 11 is 0. The average Bonchev–Trinajstić information content (AvgIpc) is 2.57. The van der Waals surface area contributed by atoms with Crippen molar-refractivity contribution in [1.82, 2.24) is 9.78 Å². The second-order valence-corrected chi connectivity index (χ2v) is 5.53. The van der Waals surface area contributed by atoms with Gasteiger partial charge in [-0.3, -0.25) is 4.68 Å². The molecule has 0 radical (unpaired) electrons. The first-order valence-electron chi connectivity index (χ1n) is 6.03. The van der Waals surface area contributed by atoms with Crippen LogP contribution in [0.4, 0.5) is 17.2 Å². The van der Waals surface area contributed by atoms with Gasteiger partial charge in [0.2, 0.25) is 0 Å². The van der Waals surface area contributed by atoms with E-state index in [1.54, 1.807) is 10.9 Å². The summed E-state index contributed by atoms with van der Waals surface area (Å²) in [6.07, 6.45) is 1.79. The van der Waals surface area contributed by atoms with Gasteiger partial charge in [0.15, 0.2) is 5.82 Å². The van der Waals surface area contributed by atoms with Crippen LogP contribution in [0, 0.1) is 0 Å². The van der Waals surface area contributed by atoms with Crippen LogP contribution in [-0.4, -0.2) is 9.78 Å². The van der Waals surface area contributed by atoms with Gasteiger partial charge in [0.1, 0.15) is 0 Å². The summed E-state index contributed by atoms with van der Waals surface area (Å²) in [6.45, 7) is 6.57. The molecular weight excluding hydrogens is 224 g/mol. The Balaban J connectivity index is 2.38. The van der Waals surface area contributed by atoms with Crippen LogP contribution in [-0.2, 0) is 12.5 Å². The number of nitrogens with two attached hydrogens (primary N) is 1. The number of nitrogens with zero attached hydrogens (tertiary/aromatic N) is 2. The Morgan fingerprint density at radius 2 is 1.89 bits per heavy atom. The molecule has 0 aliphatic carbocycles. The van der Waals surface area contributed by atoms with E-state index >= 15 is 0 Å². The molecule has 0 spiro atoms. The second-order valence-electron chi connectivity index (χ2n) is 5.53. The summed E-state index contributed by atoms with van der Waals surface area (Å²) in [6, 6.07) is 8.24. The molecule has 2 rings (SSSR count). The predicted octanol–water partition coefficient (Wildman–Crippen LogP) is 3.04. The summed E-state index contributed by atoms with van der Waals surface area (Å²) in [5.74, 6) is 0.703. The van der Waals surface area contributed by atoms with Crippen molar-refractivity contribution in [3.8, 4) is 0 Å². The molecule has 0 fully saturated rings. The normalized spacial score (nSPS) is 11.6. The maximum Gasteiger partial charge on any atom is 0.175 e. The van der Waals surface area contributed by atoms with Gasteiger partial charge in [0.05, 0.1) is 5.69 Å². The summed E-state index contributed by atoms with van der Waals surface area (Å²) in [5.41, 5.74) is 8.93. The van der Waals surface area contributed by atoms with E-state index in [0.29, 0.717) is 11.5 Å². The number of hydrogen-bond donors (Lipinski definition) is 2. The number of para-hydroxylation sites is 1. The fourth-order valence-corrected chi connectivity index (χ4v) is 1.98. The Hall–Kier alpha value is -1.97. The zero-order valence-corrected chi connectivity index (χ0v) is 11.4. The fraction of sp³-hybridized carbons (Fsp3) is 0.357. The molecule has 18 heavy (non-hydrogen) atoms. The van der Waals surface area contributed by atoms with Gasteiger partial charge < -0.3 is 11.1 Å². The monoisotopic (exact) mass is 244 g/mol. The zero-order chi connectivity index (χ0) is 13.3. The molecule has 4 heteroatoms. The maximum atomic E-state index is 5.90. The SMILES string of the molecule is Cn1cc(N)c(Nc2ccccc2C(C)(C)C)n1. The Morgan fingerprint density at radius 3 is 2.44 bits per heavy atom. The highest BCUT2D eigenvalue weighted by atomic mass is 15.3. The van der Waals surface area contributed by atoms with Gasteiger partial charge in [0.25, 0.3) is 0 Å². The van der Waals surface area contributed by atoms with Gasteiger partial charge in [-0.1, -0.05) is 39.0 Å². The number of hydrogen-bond acceptors (Lipinski definition) is 3.